The molecule has 0 aliphatic rings. The minimum absolute atomic E-state index is 0.408. The second-order valence-electron chi connectivity index (χ2n) is 3.47. The van der Waals surface area contributed by atoms with E-state index in [1.54, 1.807) is 0 Å². The highest BCUT2D eigenvalue weighted by atomic mass is 35.5. The van der Waals surface area contributed by atoms with E-state index < -0.39 is 40.3 Å². The predicted octanol–water partition coefficient (Wildman–Crippen LogP) is 3.82. The van der Waals surface area contributed by atoms with Crippen LogP contribution in [0.1, 0.15) is 11.5 Å². The van der Waals surface area contributed by atoms with Crippen LogP contribution in [0.4, 0.5) is 26.3 Å². The SMILES string of the molecule is FC(F)(F)c1cnc(-c2noc(C(F)(F)F)n2)c(Cl)c1. The van der Waals surface area contributed by atoms with E-state index in [1.807, 2.05) is 0 Å². The molecule has 0 saturated heterocycles. The van der Waals surface area contributed by atoms with Crippen LogP contribution >= 0.6 is 11.6 Å². The molecule has 0 atom stereocenters. The molecule has 11 heteroatoms. The van der Waals surface area contributed by atoms with Crippen molar-refractivity contribution in [3.05, 3.63) is 28.7 Å². The van der Waals surface area contributed by atoms with Gasteiger partial charge in [-0.3, -0.25) is 4.98 Å². The largest absolute Gasteiger partial charge is 0.471 e. The van der Waals surface area contributed by atoms with Gasteiger partial charge < -0.3 is 4.52 Å². The Kier molecular flexibility index (Phi) is 3.36. The number of alkyl halides is 6. The maximum absolute atomic E-state index is 12.4. The van der Waals surface area contributed by atoms with Crippen molar-refractivity contribution < 1.29 is 30.9 Å². The number of hydrogen-bond acceptors (Lipinski definition) is 4. The molecule has 0 aliphatic carbocycles. The molecule has 0 amide bonds. The van der Waals surface area contributed by atoms with Crippen molar-refractivity contribution in [3.8, 4) is 11.5 Å². The van der Waals surface area contributed by atoms with Gasteiger partial charge in [-0.2, -0.15) is 31.3 Å². The van der Waals surface area contributed by atoms with Crippen LogP contribution in [0.3, 0.4) is 0 Å². The highest BCUT2D eigenvalue weighted by Gasteiger charge is 2.39. The number of aromatic nitrogens is 3. The number of halogens is 7. The summed E-state index contributed by atoms with van der Waals surface area (Å²) < 4.78 is 77.7. The van der Waals surface area contributed by atoms with Gasteiger partial charge in [0.1, 0.15) is 5.69 Å². The van der Waals surface area contributed by atoms with Gasteiger partial charge in [-0.15, -0.1) is 0 Å². The molecular formula is C9H2ClF6N3O. The van der Waals surface area contributed by atoms with Crippen molar-refractivity contribution in [3.63, 3.8) is 0 Å². The molecule has 2 heterocycles. The van der Waals surface area contributed by atoms with Gasteiger partial charge in [0.05, 0.1) is 10.6 Å². The summed E-state index contributed by atoms with van der Waals surface area (Å²) in [4.78, 5) is 6.28. The molecule has 4 nitrogen and oxygen atoms in total. The zero-order valence-corrected chi connectivity index (χ0v) is 9.81. The second kappa shape index (κ2) is 4.62. The van der Waals surface area contributed by atoms with E-state index in [0.717, 1.165) is 0 Å². The summed E-state index contributed by atoms with van der Waals surface area (Å²) in [6.07, 6.45) is -9.14. The van der Waals surface area contributed by atoms with Crippen LogP contribution in [-0.4, -0.2) is 15.1 Å². The Balaban J connectivity index is 2.42. The van der Waals surface area contributed by atoms with E-state index in [9.17, 15) is 26.3 Å². The van der Waals surface area contributed by atoms with Gasteiger partial charge >= 0.3 is 18.2 Å². The fraction of sp³-hybridized carbons (Fsp3) is 0.222. The summed E-state index contributed by atoms with van der Waals surface area (Å²) >= 11 is 5.53. The summed E-state index contributed by atoms with van der Waals surface area (Å²) in [6.45, 7) is 0. The third kappa shape index (κ3) is 2.84. The van der Waals surface area contributed by atoms with Crippen molar-refractivity contribution in [1.29, 1.82) is 0 Å². The molecule has 0 N–H and O–H groups in total. The molecular weight excluding hydrogens is 316 g/mol. The lowest BCUT2D eigenvalue weighted by atomic mass is 10.2. The average Bonchev–Trinajstić information content (AvgIpc) is 2.76. The van der Waals surface area contributed by atoms with Crippen LogP contribution in [0.15, 0.2) is 16.8 Å². The van der Waals surface area contributed by atoms with Crippen molar-refractivity contribution in [2.45, 2.75) is 12.4 Å². The Hall–Kier alpha value is -1.84. The fourth-order valence-corrected chi connectivity index (χ4v) is 1.44. The van der Waals surface area contributed by atoms with Crippen LogP contribution < -0.4 is 0 Å². The van der Waals surface area contributed by atoms with Gasteiger partial charge in [-0.25, -0.2) is 0 Å². The quantitative estimate of drug-likeness (QED) is 0.750. The van der Waals surface area contributed by atoms with E-state index >= 15 is 0 Å². The molecule has 0 spiro atoms. The number of nitrogens with zero attached hydrogens (tertiary/aromatic N) is 3. The standard InChI is InChI=1S/C9H2ClF6N3O/c10-4-1-3(8(11,12)13)2-17-5(4)6-18-7(20-19-6)9(14,15)16/h1-2H. The molecule has 2 aromatic heterocycles. The molecule has 0 saturated carbocycles. The van der Waals surface area contributed by atoms with E-state index in [1.165, 1.54) is 0 Å². The highest BCUT2D eigenvalue weighted by molar-refractivity contribution is 6.32. The first-order valence-electron chi connectivity index (χ1n) is 4.73. The summed E-state index contributed by atoms with van der Waals surface area (Å²) in [5, 5.41) is 2.42. The van der Waals surface area contributed by atoms with Crippen LogP contribution in [0.5, 0.6) is 0 Å². The third-order valence-corrected chi connectivity index (χ3v) is 2.34. The molecule has 0 unspecified atom stereocenters. The summed E-state index contributed by atoms with van der Waals surface area (Å²) in [7, 11) is 0. The highest BCUT2D eigenvalue weighted by Crippen LogP contribution is 2.34. The third-order valence-electron chi connectivity index (χ3n) is 2.05. The van der Waals surface area contributed by atoms with E-state index in [4.69, 9.17) is 11.6 Å². The zero-order chi connectivity index (χ0) is 15.1. The molecule has 2 aromatic rings. The molecule has 20 heavy (non-hydrogen) atoms. The monoisotopic (exact) mass is 317 g/mol. The molecule has 0 aliphatic heterocycles. The van der Waals surface area contributed by atoms with E-state index in [0.29, 0.717) is 12.3 Å². The fourth-order valence-electron chi connectivity index (χ4n) is 1.19. The summed E-state index contributed by atoms with van der Waals surface area (Å²) in [5.74, 6) is -2.30. The van der Waals surface area contributed by atoms with Gasteiger partial charge in [-0.05, 0) is 6.07 Å². The molecule has 0 radical (unpaired) electrons. The topological polar surface area (TPSA) is 51.8 Å². The normalized spacial score (nSPS) is 12.8. The number of hydrogen-bond donors (Lipinski definition) is 0. The number of rotatable bonds is 1. The van der Waals surface area contributed by atoms with Crippen molar-refractivity contribution in [1.82, 2.24) is 15.1 Å². The smallest absolute Gasteiger partial charge is 0.329 e. The Bertz CT molecular complexity index is 635. The van der Waals surface area contributed by atoms with Crippen LogP contribution in [0.2, 0.25) is 5.02 Å². The van der Waals surface area contributed by atoms with Gasteiger partial charge in [0.15, 0.2) is 0 Å². The van der Waals surface area contributed by atoms with Crippen LogP contribution in [0.25, 0.3) is 11.5 Å². The van der Waals surface area contributed by atoms with E-state index in [2.05, 4.69) is 19.6 Å². The maximum atomic E-state index is 12.4. The van der Waals surface area contributed by atoms with Crippen LogP contribution in [-0.2, 0) is 12.4 Å². The van der Waals surface area contributed by atoms with Gasteiger partial charge in [0.25, 0.3) is 0 Å². The van der Waals surface area contributed by atoms with Gasteiger partial charge in [-0.1, -0.05) is 16.8 Å². The molecule has 0 fully saturated rings. The number of pyridine rings is 1. The van der Waals surface area contributed by atoms with Crippen molar-refractivity contribution >= 4 is 11.6 Å². The minimum Gasteiger partial charge on any atom is -0.329 e. The van der Waals surface area contributed by atoms with Gasteiger partial charge in [0.2, 0.25) is 5.82 Å². The maximum Gasteiger partial charge on any atom is 0.471 e. The molecule has 2 rings (SSSR count). The lowest BCUT2D eigenvalue weighted by Crippen LogP contribution is -2.06. The molecule has 108 valence electrons. The Labute approximate surface area is 111 Å². The first kappa shape index (κ1) is 14.6. The first-order chi connectivity index (χ1) is 9.09. The van der Waals surface area contributed by atoms with Crippen LogP contribution in [0, 0.1) is 0 Å². The first-order valence-corrected chi connectivity index (χ1v) is 5.11. The zero-order valence-electron chi connectivity index (χ0n) is 9.05. The average molecular weight is 318 g/mol. The van der Waals surface area contributed by atoms with Crippen molar-refractivity contribution in [2.24, 2.45) is 0 Å². The Morgan fingerprint density at radius 2 is 1.70 bits per heavy atom. The molecule has 0 aromatic carbocycles. The van der Waals surface area contributed by atoms with Crippen molar-refractivity contribution in [2.75, 3.05) is 0 Å². The van der Waals surface area contributed by atoms with E-state index in [-0.39, 0.29) is 0 Å². The second-order valence-corrected chi connectivity index (χ2v) is 3.88. The molecule has 0 bridgehead atoms. The summed E-state index contributed by atoms with van der Waals surface area (Å²) in [5.41, 5.74) is -1.59. The predicted molar refractivity (Wildman–Crippen MR) is 52.5 cm³/mol. The lowest BCUT2D eigenvalue weighted by Gasteiger charge is -2.07. The minimum atomic E-state index is -4.87. The summed E-state index contributed by atoms with van der Waals surface area (Å²) in [6, 6.07) is 0.507. The lowest BCUT2D eigenvalue weighted by molar-refractivity contribution is -0.159. The Morgan fingerprint density at radius 3 is 2.15 bits per heavy atom. The van der Waals surface area contributed by atoms with Gasteiger partial charge in [0, 0.05) is 6.20 Å². The Morgan fingerprint density at radius 1 is 1.05 bits per heavy atom.